The lowest BCUT2D eigenvalue weighted by Crippen LogP contribution is -2.42. The summed E-state index contributed by atoms with van der Waals surface area (Å²) in [5.74, 6) is 0.247. The smallest absolute Gasteiger partial charge is 0.272 e. The molecule has 0 fully saturated rings. The number of hydrogen-bond acceptors (Lipinski definition) is 5. The molecule has 1 aromatic carbocycles. The van der Waals surface area contributed by atoms with Crippen molar-refractivity contribution in [3.05, 3.63) is 93.7 Å². The van der Waals surface area contributed by atoms with Crippen molar-refractivity contribution in [3.63, 3.8) is 0 Å². The molecule has 1 N–H and O–H groups in total. The van der Waals surface area contributed by atoms with E-state index in [4.69, 9.17) is 16.6 Å². The average molecular weight is 452 g/mol. The van der Waals surface area contributed by atoms with Crippen molar-refractivity contribution < 1.29 is 19.0 Å². The molecule has 0 amide bonds. The second-order valence-electron chi connectivity index (χ2n) is 8.44. The largest absolute Gasteiger partial charge is 0.867 e. The first-order valence-electron chi connectivity index (χ1n) is 10.1. The predicted octanol–water partition coefficient (Wildman–Crippen LogP) is 3.88. The van der Waals surface area contributed by atoms with E-state index in [0.717, 1.165) is 5.56 Å². The third-order valence-electron chi connectivity index (χ3n) is 5.06. The molecule has 3 aromatic rings. The number of aryl methyl sites for hydroxylation is 1. The van der Waals surface area contributed by atoms with Gasteiger partial charge in [0.15, 0.2) is 17.4 Å². The van der Waals surface area contributed by atoms with Gasteiger partial charge in [-0.15, -0.1) is 0 Å². The van der Waals surface area contributed by atoms with Gasteiger partial charge in [0, 0.05) is 23.8 Å². The van der Waals surface area contributed by atoms with E-state index in [1.165, 1.54) is 6.07 Å². The van der Waals surface area contributed by atoms with Crippen LogP contribution in [-0.2, 0) is 12.0 Å². The van der Waals surface area contributed by atoms with Gasteiger partial charge in [-0.1, -0.05) is 45.1 Å². The molecule has 0 radical (unpaired) electrons. The van der Waals surface area contributed by atoms with Crippen LogP contribution in [0.3, 0.4) is 0 Å². The lowest BCUT2D eigenvalue weighted by atomic mass is 9.88. The number of nitro benzene ring substituents is 1. The second-order valence-corrected chi connectivity index (χ2v) is 8.85. The lowest BCUT2D eigenvalue weighted by Gasteiger charge is -2.19. The first-order chi connectivity index (χ1) is 15.1. The summed E-state index contributed by atoms with van der Waals surface area (Å²) in [6.07, 6.45) is 5.11. The maximum absolute atomic E-state index is 13.5. The van der Waals surface area contributed by atoms with Gasteiger partial charge in [-0.3, -0.25) is 10.1 Å². The summed E-state index contributed by atoms with van der Waals surface area (Å²) >= 11 is 5.56. The van der Waals surface area contributed by atoms with E-state index >= 15 is 0 Å². The third kappa shape index (κ3) is 5.20. The van der Waals surface area contributed by atoms with Crippen LogP contribution >= 0.6 is 12.2 Å². The molecule has 0 aliphatic rings. The molecule has 0 saturated carbocycles. The fourth-order valence-corrected chi connectivity index (χ4v) is 3.43. The van der Waals surface area contributed by atoms with E-state index < -0.39 is 10.7 Å². The Balaban J connectivity index is 2.07. The topological polar surface area (TPSA) is 95.2 Å². The lowest BCUT2D eigenvalue weighted by molar-refractivity contribution is -0.578. The quantitative estimate of drug-likeness (QED) is 0.153. The van der Waals surface area contributed by atoms with Crippen LogP contribution in [0.25, 0.3) is 11.5 Å². The Bertz CT molecular complexity index is 1160. The highest BCUT2D eigenvalue weighted by Crippen LogP contribution is 2.24. The van der Waals surface area contributed by atoms with E-state index in [1.807, 2.05) is 12.1 Å². The number of aromatic nitrogens is 1. The van der Waals surface area contributed by atoms with Crippen LogP contribution in [0.1, 0.15) is 43.2 Å². The predicted molar refractivity (Wildman–Crippen MR) is 124 cm³/mol. The Morgan fingerprint density at radius 1 is 1.19 bits per heavy atom. The number of nitrogens with one attached hydrogen (secondary N) is 1. The minimum absolute atomic E-state index is 0.0567. The maximum Gasteiger partial charge on any atom is 0.272 e. The van der Waals surface area contributed by atoms with E-state index in [0.29, 0.717) is 17.9 Å². The highest BCUT2D eigenvalue weighted by molar-refractivity contribution is 7.81. The number of nitro groups is 1. The van der Waals surface area contributed by atoms with Crippen molar-refractivity contribution in [1.29, 1.82) is 0 Å². The van der Waals surface area contributed by atoms with Crippen molar-refractivity contribution >= 4 is 34.3 Å². The van der Waals surface area contributed by atoms with Crippen molar-refractivity contribution in [2.24, 2.45) is 0 Å². The Morgan fingerprint density at radius 2 is 1.88 bits per heavy atom. The molecule has 0 saturated heterocycles. The summed E-state index contributed by atoms with van der Waals surface area (Å²) in [4.78, 5) is 11.1. The highest BCUT2D eigenvalue weighted by Gasteiger charge is 2.22. The molecule has 2 aromatic heterocycles. The van der Waals surface area contributed by atoms with Gasteiger partial charge in [0.1, 0.15) is 5.76 Å². The third-order valence-corrected chi connectivity index (χ3v) is 5.39. The number of pyridine rings is 1. The number of nitrogens with zero attached hydrogens (tertiary/aromatic N) is 2. The minimum atomic E-state index is -0.496. The van der Waals surface area contributed by atoms with Gasteiger partial charge in [0.05, 0.1) is 17.7 Å². The summed E-state index contributed by atoms with van der Waals surface area (Å²) in [5.41, 5.74) is 1.79. The average Bonchev–Trinajstić information content (AvgIpc) is 3.26. The van der Waals surface area contributed by atoms with Crippen LogP contribution in [0.4, 0.5) is 5.69 Å². The Morgan fingerprint density at radius 3 is 2.44 bits per heavy atom. The summed E-state index contributed by atoms with van der Waals surface area (Å²) in [6.45, 7) is 8.24. The maximum atomic E-state index is 13.5. The summed E-state index contributed by atoms with van der Waals surface area (Å²) < 4.78 is 6.96. The van der Waals surface area contributed by atoms with Crippen LogP contribution < -0.4 is 15.0 Å². The molecule has 7 nitrogen and oxygen atoms in total. The van der Waals surface area contributed by atoms with Gasteiger partial charge in [-0.25, -0.2) is 0 Å². The fourth-order valence-electron chi connectivity index (χ4n) is 3.16. The van der Waals surface area contributed by atoms with E-state index in [2.05, 4.69) is 26.1 Å². The number of furan rings is 1. The van der Waals surface area contributed by atoms with Gasteiger partial charge < -0.3 is 14.8 Å². The Kier molecular flexibility index (Phi) is 6.74. The Labute approximate surface area is 192 Å². The first kappa shape index (κ1) is 23.1. The molecule has 0 spiro atoms. The number of hydrogen-bond donors (Lipinski definition) is 1. The van der Waals surface area contributed by atoms with Crippen molar-refractivity contribution in [1.82, 2.24) is 5.32 Å². The van der Waals surface area contributed by atoms with Crippen LogP contribution in [0.15, 0.2) is 65.5 Å². The van der Waals surface area contributed by atoms with Crippen LogP contribution in [-0.4, -0.2) is 9.91 Å². The number of benzene rings is 1. The fraction of sp³-hybridized carbons (Fsp3) is 0.250. The zero-order chi connectivity index (χ0) is 23.5. The molecule has 8 heteroatoms. The monoisotopic (exact) mass is 451 g/mol. The molecular formula is C24H25N3O4S. The van der Waals surface area contributed by atoms with Crippen molar-refractivity contribution in [2.75, 3.05) is 0 Å². The van der Waals surface area contributed by atoms with Crippen molar-refractivity contribution in [2.45, 2.75) is 39.7 Å². The molecule has 166 valence electrons. The zero-order valence-corrected chi connectivity index (χ0v) is 19.2. The molecule has 0 unspecified atom stereocenters. The zero-order valence-electron chi connectivity index (χ0n) is 18.4. The summed E-state index contributed by atoms with van der Waals surface area (Å²) in [7, 11) is 0. The summed E-state index contributed by atoms with van der Waals surface area (Å²) in [5, 5.41) is 27.9. The molecule has 0 atom stereocenters. The van der Waals surface area contributed by atoms with Gasteiger partial charge in [0.2, 0.25) is 5.70 Å². The van der Waals surface area contributed by atoms with Gasteiger partial charge in [-0.05, 0) is 41.4 Å². The second kappa shape index (κ2) is 9.32. The molecular weight excluding hydrogens is 426 g/mol. The summed E-state index contributed by atoms with van der Waals surface area (Å²) in [6, 6.07) is 11.9. The van der Waals surface area contributed by atoms with Gasteiger partial charge in [0.25, 0.3) is 5.69 Å². The number of thiocarbonyl (C=S) groups is 1. The standard InChI is InChI=1S/C24H25N3O4S/c1-16-7-8-17(14-20(16)27(29)30)22(28)21(23(32)25-15-19-6-5-13-31-19)26-11-9-18(10-12-26)24(2,3)4/h5-14H,15H2,1-4H3,(H-,25,28,32). The van der Waals surface area contributed by atoms with Crippen LogP contribution in [0.2, 0.25) is 0 Å². The number of rotatable bonds is 6. The van der Waals surface area contributed by atoms with Crippen LogP contribution in [0, 0.1) is 17.0 Å². The molecule has 0 aliphatic heterocycles. The molecule has 3 rings (SSSR count). The van der Waals surface area contributed by atoms with Gasteiger partial charge in [-0.2, -0.15) is 4.57 Å². The molecule has 32 heavy (non-hydrogen) atoms. The Hall–Kier alpha value is -3.52. The molecule has 2 heterocycles. The van der Waals surface area contributed by atoms with Gasteiger partial charge >= 0.3 is 0 Å². The highest BCUT2D eigenvalue weighted by atomic mass is 32.1. The normalized spacial score (nSPS) is 12.2. The first-order valence-corrected chi connectivity index (χ1v) is 10.5. The van der Waals surface area contributed by atoms with Crippen molar-refractivity contribution in [3.8, 4) is 0 Å². The minimum Gasteiger partial charge on any atom is -0.867 e. The van der Waals surface area contributed by atoms with E-state index in [1.54, 1.807) is 54.4 Å². The van der Waals surface area contributed by atoms with Crippen LogP contribution in [0.5, 0.6) is 0 Å². The molecule has 0 aliphatic carbocycles. The molecule has 0 bridgehead atoms. The van der Waals surface area contributed by atoms with E-state index in [9.17, 15) is 15.2 Å². The SMILES string of the molecule is Cc1ccc(/C([O-])=C(/C(=S)NCc2ccco2)[n+]2ccc(C(C)(C)C)cc2)cc1[N+](=O)[O-]. The van der Waals surface area contributed by atoms with E-state index in [-0.39, 0.29) is 27.4 Å².